The molecule has 0 atom stereocenters. The molecule has 5 rings (SSSR count). The summed E-state index contributed by atoms with van der Waals surface area (Å²) in [5.74, 6) is 0. The van der Waals surface area contributed by atoms with E-state index in [1.807, 2.05) is 54.6 Å². The molecule has 0 radical (unpaired) electrons. The maximum atomic E-state index is 6.15. The number of rotatable bonds is 2. The molecule has 156 valence electrons. The fourth-order valence-corrected chi connectivity index (χ4v) is 3.79. The minimum Gasteiger partial charge on any atom is -1.00 e. The normalized spacial score (nSPS) is 10.7. The quantitative estimate of drug-likeness (QED) is 0.288. The molecular formula is C27H21Cl3Ti-2. The Morgan fingerprint density at radius 3 is 2.13 bits per heavy atom. The van der Waals surface area contributed by atoms with E-state index in [9.17, 15) is 0 Å². The summed E-state index contributed by atoms with van der Waals surface area (Å²) in [6.07, 6.45) is 10.0. The monoisotopic (exact) mass is 498 g/mol. The van der Waals surface area contributed by atoms with Crippen LogP contribution in [0.25, 0.3) is 10.8 Å². The largest absolute Gasteiger partial charge is 1.00 e. The molecule has 0 nitrogen and oxygen atoms in total. The van der Waals surface area contributed by atoms with Gasteiger partial charge < -0.3 is 24.8 Å². The van der Waals surface area contributed by atoms with E-state index in [0.717, 1.165) is 17.0 Å². The molecule has 0 heterocycles. The van der Waals surface area contributed by atoms with Crippen LogP contribution in [0.15, 0.2) is 115 Å². The van der Waals surface area contributed by atoms with Crippen LogP contribution in [0.1, 0.15) is 17.5 Å². The van der Waals surface area contributed by atoms with Crippen molar-refractivity contribution < 1.29 is 44.8 Å². The second kappa shape index (κ2) is 15.1. The van der Waals surface area contributed by atoms with Gasteiger partial charge in [-0.1, -0.05) is 6.07 Å². The Hall–Kier alpha value is -1.80. The molecule has 0 N–H and O–H groups in total. The summed E-state index contributed by atoms with van der Waals surface area (Å²) in [4.78, 5) is 0. The van der Waals surface area contributed by atoms with Gasteiger partial charge >= 0.3 is 106 Å². The number of halogens is 3. The van der Waals surface area contributed by atoms with Crippen LogP contribution in [0.4, 0.5) is 0 Å². The molecule has 0 aliphatic heterocycles. The molecule has 0 spiro atoms. The van der Waals surface area contributed by atoms with E-state index in [1.54, 1.807) is 0 Å². The van der Waals surface area contributed by atoms with Crippen LogP contribution in [0.2, 0.25) is 5.02 Å². The summed E-state index contributed by atoms with van der Waals surface area (Å²) < 4.78 is 1.21. The first kappa shape index (κ1) is 27.2. The van der Waals surface area contributed by atoms with E-state index in [2.05, 4.69) is 86.7 Å². The Labute approximate surface area is 213 Å². The third-order valence-corrected chi connectivity index (χ3v) is 5.54. The predicted molar refractivity (Wildman–Crippen MR) is 122 cm³/mol. The number of hydrogen-bond acceptors (Lipinski definition) is 0. The van der Waals surface area contributed by atoms with Crippen LogP contribution in [0.5, 0.6) is 0 Å². The van der Waals surface area contributed by atoms with Crippen molar-refractivity contribution in [3.8, 4) is 0 Å². The van der Waals surface area contributed by atoms with Gasteiger partial charge in [-0.15, -0.1) is 36.1 Å². The van der Waals surface area contributed by atoms with Crippen LogP contribution >= 0.6 is 11.6 Å². The third kappa shape index (κ3) is 8.69. The third-order valence-electron chi connectivity index (χ3n) is 4.34. The standard InChI is InChI=1S/C13H9Cl.C9H7.C5H5.2ClH.Ti/c14-13-9-5-4-8-12(13)10-11-6-2-1-3-7-11;1-2-5-9-7-3-6-8(9)4-1;1-2-4-5-3-1;;;/h1-9H;1-7H;1-3H,4H2;2*1H;/q;2*-1;;;+2/p-2. The van der Waals surface area contributed by atoms with Gasteiger partial charge in [-0.25, -0.2) is 12.2 Å². The van der Waals surface area contributed by atoms with Crippen LogP contribution in [0.3, 0.4) is 0 Å². The maximum Gasteiger partial charge on any atom is -0.0809 e. The molecule has 4 aromatic rings. The molecule has 0 fully saturated rings. The number of hydrogen-bond donors (Lipinski definition) is 0. The van der Waals surface area contributed by atoms with Crippen LogP contribution < -0.4 is 24.8 Å². The Bertz CT molecular complexity index is 1070. The zero-order valence-electron chi connectivity index (χ0n) is 16.8. The molecule has 0 amide bonds. The van der Waals surface area contributed by atoms with Gasteiger partial charge in [-0.05, 0) is 0 Å². The van der Waals surface area contributed by atoms with Gasteiger partial charge in [0.15, 0.2) is 0 Å². The topological polar surface area (TPSA) is 0 Å². The summed E-state index contributed by atoms with van der Waals surface area (Å²) in [6, 6.07) is 32.9. The van der Waals surface area contributed by atoms with E-state index >= 15 is 0 Å². The molecule has 1 aliphatic rings. The fraction of sp³-hybridized carbons (Fsp3) is 0.0370. The van der Waals surface area contributed by atoms with Crippen LogP contribution in [0, 0.1) is 6.08 Å². The Kier molecular flexibility index (Phi) is 13.3. The molecule has 4 heteroatoms. The summed E-state index contributed by atoms with van der Waals surface area (Å²) in [7, 11) is 0. The van der Waals surface area contributed by atoms with Gasteiger partial charge in [0, 0.05) is 0 Å². The number of benzene rings is 3. The smallest absolute Gasteiger partial charge is 0.0809 e. The second-order valence-electron chi connectivity index (χ2n) is 6.38. The van der Waals surface area contributed by atoms with Crippen LogP contribution in [-0.4, -0.2) is 3.81 Å². The van der Waals surface area contributed by atoms with Crippen molar-refractivity contribution in [3.05, 3.63) is 138 Å². The molecule has 0 bridgehead atoms. The van der Waals surface area contributed by atoms with Gasteiger partial charge in [0.05, 0.1) is 0 Å². The molecular weight excluding hydrogens is 479 g/mol. The second-order valence-corrected chi connectivity index (χ2v) is 7.57. The summed E-state index contributed by atoms with van der Waals surface area (Å²) in [5.41, 5.74) is 2.32. The van der Waals surface area contributed by atoms with E-state index in [4.69, 9.17) is 11.6 Å². The van der Waals surface area contributed by atoms with Gasteiger partial charge in [-0.3, -0.25) is 6.08 Å². The molecule has 31 heavy (non-hydrogen) atoms. The van der Waals surface area contributed by atoms with Crippen LogP contribution in [-0.2, 0) is 20.0 Å². The van der Waals surface area contributed by atoms with Gasteiger partial charge in [0.25, 0.3) is 0 Å². The van der Waals surface area contributed by atoms with Crippen molar-refractivity contribution in [2.75, 3.05) is 0 Å². The molecule has 0 unspecified atom stereocenters. The fourth-order valence-electron chi connectivity index (χ4n) is 2.83. The van der Waals surface area contributed by atoms with E-state index in [0.29, 0.717) is 0 Å². The molecule has 0 saturated carbocycles. The first-order chi connectivity index (χ1) is 14.3. The van der Waals surface area contributed by atoms with Crippen molar-refractivity contribution in [3.63, 3.8) is 0 Å². The van der Waals surface area contributed by atoms with E-state index in [1.165, 1.54) is 20.1 Å². The van der Waals surface area contributed by atoms with Crippen molar-refractivity contribution in [2.24, 2.45) is 0 Å². The van der Waals surface area contributed by atoms with Gasteiger partial charge in [-0.2, -0.15) is 23.6 Å². The average molecular weight is 500 g/mol. The average Bonchev–Trinajstić information content (AvgIpc) is 3.50. The molecule has 0 aromatic heterocycles. The number of allylic oxidation sites excluding steroid dienone is 4. The summed E-state index contributed by atoms with van der Waals surface area (Å²) in [5, 5.41) is 3.47. The molecule has 1 aliphatic carbocycles. The maximum absolute atomic E-state index is 6.15. The van der Waals surface area contributed by atoms with Crippen molar-refractivity contribution >= 4 is 26.2 Å². The van der Waals surface area contributed by atoms with E-state index < -0.39 is 0 Å². The Morgan fingerprint density at radius 1 is 0.839 bits per heavy atom. The Balaban J connectivity index is 0.000000255. The van der Waals surface area contributed by atoms with Crippen molar-refractivity contribution in [1.29, 1.82) is 0 Å². The number of fused-ring (bicyclic) bond motifs is 1. The zero-order chi connectivity index (χ0) is 20.3. The van der Waals surface area contributed by atoms with Crippen molar-refractivity contribution in [2.45, 2.75) is 6.42 Å². The Morgan fingerprint density at radius 2 is 1.52 bits per heavy atom. The van der Waals surface area contributed by atoms with Gasteiger partial charge in [0.2, 0.25) is 0 Å². The van der Waals surface area contributed by atoms with Gasteiger partial charge in [0.1, 0.15) is 0 Å². The van der Waals surface area contributed by atoms with E-state index in [-0.39, 0.29) is 24.8 Å². The SMILES string of the molecule is Clc1ccccc1[C](=[Ti+2])c1ccccc1.[C-]1=CC=CC1.[Cl-].[Cl-].c1ccc2[cH-]ccc2c1. The summed E-state index contributed by atoms with van der Waals surface area (Å²) >= 11 is 8.24. The molecule has 4 aromatic carbocycles. The first-order valence-corrected chi connectivity index (χ1v) is 10.6. The predicted octanol–water partition coefficient (Wildman–Crippen LogP) is 1.33. The minimum atomic E-state index is 0. The minimum absolute atomic E-state index is 0. The molecule has 0 saturated heterocycles. The van der Waals surface area contributed by atoms with Crippen molar-refractivity contribution in [1.82, 2.24) is 0 Å². The zero-order valence-corrected chi connectivity index (χ0v) is 20.6. The first-order valence-electron chi connectivity index (χ1n) is 9.47. The summed E-state index contributed by atoms with van der Waals surface area (Å²) in [6.45, 7) is 0.